The highest BCUT2D eigenvalue weighted by Crippen LogP contribution is 2.23. The third-order valence-corrected chi connectivity index (χ3v) is 3.37. The maximum atomic E-state index is 12.2. The molecule has 0 aromatic rings. The number of likely N-dealkylation sites (tertiary alicyclic amines) is 1. The van der Waals surface area contributed by atoms with Crippen molar-refractivity contribution in [1.82, 2.24) is 4.90 Å². The van der Waals surface area contributed by atoms with Gasteiger partial charge in [-0.25, -0.2) is 0 Å². The minimum atomic E-state index is -0.0625. The molecule has 2 N–H and O–H groups in total. The number of nitrogens with zero attached hydrogens (tertiary/aromatic N) is 1. The predicted molar refractivity (Wildman–Crippen MR) is 64.0 cm³/mol. The van der Waals surface area contributed by atoms with Crippen LogP contribution in [0.4, 0.5) is 0 Å². The van der Waals surface area contributed by atoms with E-state index in [2.05, 4.69) is 6.92 Å². The molecule has 1 saturated heterocycles. The van der Waals surface area contributed by atoms with Gasteiger partial charge in [-0.15, -0.1) is 0 Å². The first-order valence-corrected chi connectivity index (χ1v) is 6.09. The molecule has 4 heteroatoms. The summed E-state index contributed by atoms with van der Waals surface area (Å²) >= 11 is 0. The van der Waals surface area contributed by atoms with Crippen LogP contribution in [0.3, 0.4) is 0 Å². The Morgan fingerprint density at radius 3 is 2.88 bits per heavy atom. The number of hydrogen-bond acceptors (Lipinski definition) is 3. The molecule has 1 aliphatic rings. The number of rotatable bonds is 4. The minimum Gasteiger partial charge on any atom is -0.384 e. The van der Waals surface area contributed by atoms with Crippen molar-refractivity contribution in [2.75, 3.05) is 26.8 Å². The van der Waals surface area contributed by atoms with E-state index in [4.69, 9.17) is 10.5 Å². The SMILES string of the molecule is COCC(C)C(=O)N1CCC(C)CC1CN. The predicted octanol–water partition coefficient (Wildman–Crippen LogP) is 0.855. The summed E-state index contributed by atoms with van der Waals surface area (Å²) in [6.07, 6.45) is 2.11. The number of carbonyl (C=O) groups excluding carboxylic acids is 1. The molecule has 1 heterocycles. The Balaban J connectivity index is 2.59. The summed E-state index contributed by atoms with van der Waals surface area (Å²) in [6, 6.07) is 0.218. The molecule has 16 heavy (non-hydrogen) atoms. The molecule has 1 amide bonds. The van der Waals surface area contributed by atoms with Gasteiger partial charge in [-0.1, -0.05) is 13.8 Å². The zero-order valence-corrected chi connectivity index (χ0v) is 10.6. The number of nitrogens with two attached hydrogens (primary N) is 1. The number of piperidine rings is 1. The highest BCUT2D eigenvalue weighted by Gasteiger charge is 2.31. The van der Waals surface area contributed by atoms with E-state index in [0.29, 0.717) is 19.1 Å². The quantitative estimate of drug-likeness (QED) is 0.776. The average molecular weight is 228 g/mol. The van der Waals surface area contributed by atoms with Crippen LogP contribution in [0.25, 0.3) is 0 Å². The second kappa shape index (κ2) is 6.21. The number of carbonyl (C=O) groups is 1. The normalized spacial score (nSPS) is 27.9. The second-order valence-corrected chi connectivity index (χ2v) is 4.91. The Labute approximate surface area is 98.1 Å². The molecule has 3 unspecified atom stereocenters. The van der Waals surface area contributed by atoms with Crippen LogP contribution in [-0.2, 0) is 9.53 Å². The van der Waals surface area contributed by atoms with Gasteiger partial charge >= 0.3 is 0 Å². The lowest BCUT2D eigenvalue weighted by Crippen LogP contribution is -2.51. The van der Waals surface area contributed by atoms with E-state index in [9.17, 15) is 4.79 Å². The lowest BCUT2D eigenvalue weighted by molar-refractivity contribution is -0.140. The molecule has 1 fully saturated rings. The Morgan fingerprint density at radius 1 is 1.62 bits per heavy atom. The first-order valence-electron chi connectivity index (χ1n) is 6.09. The Kier molecular flexibility index (Phi) is 5.22. The van der Waals surface area contributed by atoms with E-state index in [0.717, 1.165) is 19.4 Å². The van der Waals surface area contributed by atoms with Crippen molar-refractivity contribution < 1.29 is 9.53 Å². The summed E-state index contributed by atoms with van der Waals surface area (Å²) in [6.45, 7) is 6.04. The fourth-order valence-electron chi connectivity index (χ4n) is 2.37. The smallest absolute Gasteiger partial charge is 0.228 e. The van der Waals surface area contributed by atoms with Crippen LogP contribution in [0.2, 0.25) is 0 Å². The van der Waals surface area contributed by atoms with Gasteiger partial charge in [-0.3, -0.25) is 4.79 Å². The first kappa shape index (κ1) is 13.5. The van der Waals surface area contributed by atoms with Gasteiger partial charge in [0.05, 0.1) is 12.5 Å². The van der Waals surface area contributed by atoms with Crippen molar-refractivity contribution in [2.45, 2.75) is 32.7 Å². The molecule has 1 aliphatic heterocycles. The second-order valence-electron chi connectivity index (χ2n) is 4.91. The zero-order valence-electron chi connectivity index (χ0n) is 10.6. The molecule has 0 bridgehead atoms. The number of amides is 1. The van der Waals surface area contributed by atoms with Gasteiger partial charge in [0.15, 0.2) is 0 Å². The van der Waals surface area contributed by atoms with Crippen molar-refractivity contribution in [3.63, 3.8) is 0 Å². The van der Waals surface area contributed by atoms with Crippen molar-refractivity contribution in [1.29, 1.82) is 0 Å². The van der Waals surface area contributed by atoms with Gasteiger partial charge in [0.2, 0.25) is 5.91 Å². The Hall–Kier alpha value is -0.610. The summed E-state index contributed by atoms with van der Waals surface area (Å²) in [5.41, 5.74) is 5.74. The summed E-state index contributed by atoms with van der Waals surface area (Å²) in [4.78, 5) is 14.1. The lowest BCUT2D eigenvalue weighted by atomic mass is 9.91. The third kappa shape index (κ3) is 3.19. The molecule has 0 radical (unpaired) electrons. The van der Waals surface area contributed by atoms with Crippen LogP contribution in [0.1, 0.15) is 26.7 Å². The van der Waals surface area contributed by atoms with Gasteiger partial charge in [-0.2, -0.15) is 0 Å². The Bertz CT molecular complexity index is 233. The highest BCUT2D eigenvalue weighted by molar-refractivity contribution is 5.79. The van der Waals surface area contributed by atoms with Crippen LogP contribution >= 0.6 is 0 Å². The van der Waals surface area contributed by atoms with Crippen LogP contribution in [0.5, 0.6) is 0 Å². The van der Waals surface area contributed by atoms with Gasteiger partial charge in [0, 0.05) is 26.2 Å². The fourth-order valence-corrected chi connectivity index (χ4v) is 2.37. The molecule has 94 valence electrons. The van der Waals surface area contributed by atoms with E-state index in [-0.39, 0.29) is 17.9 Å². The topological polar surface area (TPSA) is 55.6 Å². The van der Waals surface area contributed by atoms with Gasteiger partial charge < -0.3 is 15.4 Å². The van der Waals surface area contributed by atoms with Crippen molar-refractivity contribution in [2.24, 2.45) is 17.6 Å². The summed E-state index contributed by atoms with van der Waals surface area (Å²) in [5, 5.41) is 0. The summed E-state index contributed by atoms with van der Waals surface area (Å²) in [5.74, 6) is 0.798. The van der Waals surface area contributed by atoms with E-state index in [1.54, 1.807) is 7.11 Å². The molecule has 3 atom stereocenters. The molecule has 4 nitrogen and oxygen atoms in total. The van der Waals surface area contributed by atoms with Crippen LogP contribution in [0.15, 0.2) is 0 Å². The Morgan fingerprint density at radius 2 is 2.31 bits per heavy atom. The van der Waals surface area contributed by atoms with Gasteiger partial charge in [0.1, 0.15) is 0 Å². The first-order chi connectivity index (χ1) is 7.60. The average Bonchev–Trinajstić information content (AvgIpc) is 2.28. The molecule has 0 spiro atoms. The van der Waals surface area contributed by atoms with Crippen LogP contribution < -0.4 is 5.73 Å². The monoisotopic (exact) mass is 228 g/mol. The minimum absolute atomic E-state index is 0.0625. The standard InChI is InChI=1S/C12H24N2O2/c1-9-4-5-14(11(6-9)7-13)12(15)10(2)8-16-3/h9-11H,4-8,13H2,1-3H3. The molecular weight excluding hydrogens is 204 g/mol. The van der Waals surface area contributed by atoms with Gasteiger partial charge in [-0.05, 0) is 18.8 Å². The molecule has 0 aliphatic carbocycles. The van der Waals surface area contributed by atoms with Crippen LogP contribution in [0, 0.1) is 11.8 Å². The zero-order chi connectivity index (χ0) is 12.1. The number of ether oxygens (including phenoxy) is 1. The third-order valence-electron chi connectivity index (χ3n) is 3.37. The summed E-state index contributed by atoms with van der Waals surface area (Å²) in [7, 11) is 1.63. The molecule has 0 aromatic heterocycles. The maximum absolute atomic E-state index is 12.2. The van der Waals surface area contributed by atoms with E-state index < -0.39 is 0 Å². The number of methoxy groups -OCH3 is 1. The molecule has 1 rings (SSSR count). The largest absolute Gasteiger partial charge is 0.384 e. The van der Waals surface area contributed by atoms with E-state index >= 15 is 0 Å². The van der Waals surface area contributed by atoms with Crippen LogP contribution in [-0.4, -0.2) is 43.7 Å². The number of hydrogen-bond donors (Lipinski definition) is 1. The van der Waals surface area contributed by atoms with Gasteiger partial charge in [0.25, 0.3) is 0 Å². The molecular formula is C12H24N2O2. The fraction of sp³-hybridized carbons (Fsp3) is 0.917. The van der Waals surface area contributed by atoms with Crippen molar-refractivity contribution in [3.8, 4) is 0 Å². The molecule has 0 aromatic carbocycles. The van der Waals surface area contributed by atoms with Crippen molar-refractivity contribution >= 4 is 5.91 Å². The van der Waals surface area contributed by atoms with E-state index in [1.165, 1.54) is 0 Å². The van der Waals surface area contributed by atoms with Crippen molar-refractivity contribution in [3.05, 3.63) is 0 Å². The summed E-state index contributed by atoms with van der Waals surface area (Å²) < 4.78 is 5.03. The maximum Gasteiger partial charge on any atom is 0.228 e. The van der Waals surface area contributed by atoms with E-state index in [1.807, 2.05) is 11.8 Å². The lowest BCUT2D eigenvalue weighted by Gasteiger charge is -2.39. The highest BCUT2D eigenvalue weighted by atomic mass is 16.5. The molecule has 0 saturated carbocycles.